The first-order valence-electron chi connectivity index (χ1n) is 13.0. The van der Waals surface area contributed by atoms with Gasteiger partial charge in [0.1, 0.15) is 6.10 Å². The first kappa shape index (κ1) is 24.9. The lowest BCUT2D eigenvalue weighted by Gasteiger charge is -2.37. The van der Waals surface area contributed by atoms with E-state index in [1.807, 2.05) is 12.1 Å². The summed E-state index contributed by atoms with van der Waals surface area (Å²) < 4.78 is 6.22. The summed E-state index contributed by atoms with van der Waals surface area (Å²) in [5, 5.41) is 15.3. The molecule has 2 aliphatic carbocycles. The van der Waals surface area contributed by atoms with Crippen molar-refractivity contribution >= 4 is 23.1 Å². The molecule has 7 nitrogen and oxygen atoms in total. The normalized spacial score (nSPS) is 25.1. The van der Waals surface area contributed by atoms with E-state index in [1.165, 1.54) is 6.07 Å². The number of hydrogen-bond acceptors (Lipinski definition) is 6. The van der Waals surface area contributed by atoms with Crippen LogP contribution in [0.3, 0.4) is 0 Å². The fourth-order valence-corrected chi connectivity index (χ4v) is 6.26. The summed E-state index contributed by atoms with van der Waals surface area (Å²) in [4.78, 5) is 39.2. The van der Waals surface area contributed by atoms with E-state index in [4.69, 9.17) is 4.74 Å². The number of nitro groups is 1. The molecule has 0 unspecified atom stereocenters. The highest BCUT2D eigenvalue weighted by molar-refractivity contribution is 6.23. The minimum atomic E-state index is -0.913. The Bertz CT molecular complexity index is 1360. The van der Waals surface area contributed by atoms with Crippen molar-refractivity contribution in [3.8, 4) is 0 Å². The van der Waals surface area contributed by atoms with Crippen LogP contribution in [0.1, 0.15) is 74.4 Å². The summed E-state index contributed by atoms with van der Waals surface area (Å²) in [6, 6.07) is 13.6. The zero-order chi connectivity index (χ0) is 26.4. The van der Waals surface area contributed by atoms with Crippen LogP contribution >= 0.6 is 0 Å². The van der Waals surface area contributed by atoms with Gasteiger partial charge in [-0.15, -0.1) is 0 Å². The van der Waals surface area contributed by atoms with Crippen molar-refractivity contribution < 1.29 is 19.2 Å². The highest BCUT2D eigenvalue weighted by Crippen LogP contribution is 2.49. The molecule has 1 N–H and O–H groups in total. The van der Waals surface area contributed by atoms with Gasteiger partial charge in [-0.25, -0.2) is 4.79 Å². The van der Waals surface area contributed by atoms with Crippen molar-refractivity contribution in [2.75, 3.05) is 0 Å². The van der Waals surface area contributed by atoms with Crippen LogP contribution in [0.5, 0.6) is 0 Å². The Morgan fingerprint density at radius 1 is 1.08 bits per heavy atom. The number of ketones is 1. The minimum absolute atomic E-state index is 0.130. The number of allylic oxidation sites excluding steroid dienone is 2. The van der Waals surface area contributed by atoms with Crippen molar-refractivity contribution in [3.05, 3.63) is 92.2 Å². The number of ether oxygens (including phenoxy) is 1. The Morgan fingerprint density at radius 3 is 2.46 bits per heavy atom. The Hall–Kier alpha value is -3.74. The maximum atomic E-state index is 14.0. The lowest BCUT2D eigenvalue weighted by molar-refractivity contribution is -0.385. The van der Waals surface area contributed by atoms with E-state index >= 15 is 0 Å². The first-order chi connectivity index (χ1) is 17.7. The van der Waals surface area contributed by atoms with E-state index < -0.39 is 16.8 Å². The number of esters is 1. The highest BCUT2D eigenvalue weighted by Gasteiger charge is 2.46. The molecule has 5 rings (SSSR count). The molecule has 37 heavy (non-hydrogen) atoms. The Balaban J connectivity index is 1.62. The second-order valence-corrected chi connectivity index (χ2v) is 10.8. The molecule has 0 bridgehead atoms. The number of carbonyl (C=O) groups excluding carboxylic acids is 2. The van der Waals surface area contributed by atoms with Gasteiger partial charge in [-0.2, -0.15) is 0 Å². The van der Waals surface area contributed by atoms with Gasteiger partial charge in [0.05, 0.1) is 22.1 Å². The van der Waals surface area contributed by atoms with E-state index in [0.29, 0.717) is 39.9 Å². The third-order valence-corrected chi connectivity index (χ3v) is 8.13. The molecule has 0 spiro atoms. The van der Waals surface area contributed by atoms with Crippen LogP contribution in [0.2, 0.25) is 0 Å². The number of nitrogens with one attached hydrogen (secondary N) is 1. The first-order valence-corrected chi connectivity index (χ1v) is 13.0. The molecule has 0 saturated heterocycles. The predicted molar refractivity (Wildman–Crippen MR) is 141 cm³/mol. The van der Waals surface area contributed by atoms with E-state index in [-0.39, 0.29) is 29.1 Å². The fraction of sp³-hybridized carbons (Fsp3) is 0.400. The average Bonchev–Trinajstić information content (AvgIpc) is 3.14. The summed E-state index contributed by atoms with van der Waals surface area (Å²) in [5.74, 6) is -0.619. The molecule has 2 aromatic rings. The second-order valence-electron chi connectivity index (χ2n) is 10.8. The van der Waals surface area contributed by atoms with Gasteiger partial charge in [-0.1, -0.05) is 69.7 Å². The standard InChI is InChI=1S/C30H32N2O5/c1-16(2)19-14-13-17(3)15-24(19)37-30(34)25-18(4)31-28-20-9-5-6-10-21(20)29(33)27(28)26(25)22-11-7-8-12-23(22)32(35)36/h5-12,16-17,19,24,26,31H,13-15H2,1-4H3/t17-,19+,24+,26+/m0/s1. The molecule has 192 valence electrons. The average molecular weight is 501 g/mol. The van der Waals surface area contributed by atoms with Gasteiger partial charge in [0.15, 0.2) is 5.78 Å². The van der Waals surface area contributed by atoms with Gasteiger partial charge in [-0.3, -0.25) is 14.9 Å². The van der Waals surface area contributed by atoms with Crippen molar-refractivity contribution in [1.82, 2.24) is 5.32 Å². The molecule has 7 heteroatoms. The molecule has 3 aliphatic rings. The van der Waals surface area contributed by atoms with Crippen molar-refractivity contribution in [1.29, 1.82) is 0 Å². The Kier molecular flexibility index (Phi) is 6.48. The third-order valence-electron chi connectivity index (χ3n) is 8.13. The molecule has 1 fully saturated rings. The van der Waals surface area contributed by atoms with Crippen LogP contribution in [0.25, 0.3) is 5.70 Å². The number of nitro benzene ring substituents is 1. The topological polar surface area (TPSA) is 98.5 Å². The summed E-state index contributed by atoms with van der Waals surface area (Å²) in [6.07, 6.45) is 2.63. The van der Waals surface area contributed by atoms with Crippen molar-refractivity contribution in [2.24, 2.45) is 17.8 Å². The number of hydrogen-bond donors (Lipinski definition) is 1. The Morgan fingerprint density at radius 2 is 1.76 bits per heavy atom. The molecular weight excluding hydrogens is 468 g/mol. The summed E-state index contributed by atoms with van der Waals surface area (Å²) in [6.45, 7) is 8.24. The van der Waals surface area contributed by atoms with Gasteiger partial charge in [0.25, 0.3) is 5.69 Å². The van der Waals surface area contributed by atoms with Crippen LogP contribution in [0.15, 0.2) is 65.4 Å². The number of carbonyl (C=O) groups is 2. The molecule has 1 heterocycles. The van der Waals surface area contributed by atoms with Gasteiger partial charge in [0.2, 0.25) is 0 Å². The number of nitrogens with zero attached hydrogens (tertiary/aromatic N) is 1. The van der Waals surface area contributed by atoms with Gasteiger partial charge in [-0.05, 0) is 37.5 Å². The van der Waals surface area contributed by atoms with E-state index in [0.717, 1.165) is 24.8 Å². The maximum Gasteiger partial charge on any atom is 0.337 e. The summed E-state index contributed by atoms with van der Waals surface area (Å²) in [7, 11) is 0. The number of rotatable bonds is 5. The number of fused-ring (bicyclic) bond motifs is 2. The summed E-state index contributed by atoms with van der Waals surface area (Å²) in [5.41, 5.74) is 3.19. The zero-order valence-corrected chi connectivity index (χ0v) is 21.6. The third kappa shape index (κ3) is 4.26. The molecule has 0 amide bonds. The lowest BCUT2D eigenvalue weighted by atomic mass is 9.75. The number of para-hydroxylation sites is 1. The lowest BCUT2D eigenvalue weighted by Crippen LogP contribution is -2.38. The largest absolute Gasteiger partial charge is 0.459 e. The minimum Gasteiger partial charge on any atom is -0.459 e. The van der Waals surface area contributed by atoms with E-state index in [9.17, 15) is 19.7 Å². The number of dihydropyridines is 1. The van der Waals surface area contributed by atoms with Gasteiger partial charge < -0.3 is 10.1 Å². The van der Waals surface area contributed by atoms with E-state index in [2.05, 4.69) is 26.1 Å². The smallest absolute Gasteiger partial charge is 0.337 e. The maximum absolute atomic E-state index is 14.0. The van der Waals surface area contributed by atoms with Gasteiger partial charge >= 0.3 is 5.97 Å². The zero-order valence-electron chi connectivity index (χ0n) is 21.6. The summed E-state index contributed by atoms with van der Waals surface area (Å²) >= 11 is 0. The highest BCUT2D eigenvalue weighted by atomic mass is 16.6. The molecule has 2 aromatic carbocycles. The van der Waals surface area contributed by atoms with E-state index in [1.54, 1.807) is 37.3 Å². The monoisotopic (exact) mass is 500 g/mol. The van der Waals surface area contributed by atoms with Crippen LogP contribution in [0.4, 0.5) is 5.69 Å². The quantitative estimate of drug-likeness (QED) is 0.300. The molecule has 1 aliphatic heterocycles. The molecule has 0 aromatic heterocycles. The van der Waals surface area contributed by atoms with Crippen LogP contribution < -0.4 is 5.32 Å². The predicted octanol–water partition coefficient (Wildman–Crippen LogP) is 6.17. The van der Waals surface area contributed by atoms with Gasteiger partial charge in [0, 0.05) is 34.0 Å². The Labute approximate surface area is 216 Å². The SMILES string of the molecule is CC1=C(C(=O)O[C@@H]2C[C@@H](C)CC[C@@H]2C(C)C)[C@@H](c2ccccc2[N+](=O)[O-])C2=C(N1)c1ccccc1C2=O. The van der Waals surface area contributed by atoms with Crippen LogP contribution in [0, 0.1) is 27.9 Å². The molecule has 1 saturated carbocycles. The van der Waals surface area contributed by atoms with Crippen molar-refractivity contribution in [3.63, 3.8) is 0 Å². The van der Waals surface area contributed by atoms with Crippen LogP contribution in [-0.2, 0) is 9.53 Å². The van der Waals surface area contributed by atoms with Crippen LogP contribution in [-0.4, -0.2) is 22.8 Å². The molecule has 4 atom stereocenters. The number of Topliss-reactive ketones (excluding diaryl/α,β-unsaturated/α-hetero) is 1. The van der Waals surface area contributed by atoms with Crippen molar-refractivity contribution in [2.45, 2.75) is 59.0 Å². The number of benzene rings is 2. The fourth-order valence-electron chi connectivity index (χ4n) is 6.26. The molecule has 0 radical (unpaired) electrons. The molecular formula is C30H32N2O5. The second kappa shape index (κ2) is 9.61.